The fourth-order valence-electron chi connectivity index (χ4n) is 2.99. The van der Waals surface area contributed by atoms with Crippen LogP contribution in [0.25, 0.3) is 0 Å². The second-order valence-electron chi connectivity index (χ2n) is 8.18. The van der Waals surface area contributed by atoms with Crippen molar-refractivity contribution in [3.63, 3.8) is 0 Å². The Hall–Kier alpha value is 0.900. The van der Waals surface area contributed by atoms with Crippen molar-refractivity contribution < 1.29 is 39.0 Å². The molecule has 2 aromatic rings. The van der Waals surface area contributed by atoms with Crippen molar-refractivity contribution in [2.75, 3.05) is 34.4 Å². The number of carbonyl (C=O) groups is 6. The van der Waals surface area contributed by atoms with Crippen LogP contribution in [0.2, 0.25) is 0 Å². The number of anilines is 4. The Labute approximate surface area is 358 Å². The Morgan fingerprint density at radius 3 is 0.977 bits per heavy atom. The van der Waals surface area contributed by atoms with Gasteiger partial charge in [-0.05, 0) is 149 Å². The zero-order valence-corrected chi connectivity index (χ0v) is 37.8. The Morgan fingerprint density at radius 2 is 0.767 bits per heavy atom. The Bertz CT molecular complexity index is 1380. The summed E-state index contributed by atoms with van der Waals surface area (Å²) >= 11 is 11.5. The quantitative estimate of drug-likeness (QED) is 0.203. The predicted octanol–water partition coefficient (Wildman–Crippen LogP) is 3.27. The van der Waals surface area contributed by atoms with E-state index < -0.39 is 11.9 Å². The second-order valence-corrected chi connectivity index (χ2v) is 14.7. The van der Waals surface area contributed by atoms with Crippen LogP contribution in [0.3, 0.4) is 0 Å². The zero-order valence-electron chi connectivity index (χ0n) is 22.7. The van der Waals surface area contributed by atoms with E-state index in [0.29, 0.717) is 44.2 Å². The Balaban J connectivity index is 0.000000802. The number of rotatable bonds is 10. The summed E-state index contributed by atoms with van der Waals surface area (Å²) in [6.07, 6.45) is 0. The summed E-state index contributed by atoms with van der Waals surface area (Å²) in [4.78, 5) is 67.6. The molecule has 0 bridgehead atoms. The number of carboxylic acids is 2. The van der Waals surface area contributed by atoms with Gasteiger partial charge < -0.3 is 41.1 Å². The standard InChI is InChI=1S/2C12H11I3N2O4.Ca/c2*1-4(18)3-16-10-7(13)6(12(20)21)8(14)11(9(10)15)17-5(2)19;/h2*16H,3H2,1-2H3,(H,17,19)(H,20,21);/q;;+2/p-2. The number of hydrogen-bond acceptors (Lipinski definition) is 10. The normalized spacial score (nSPS) is 9.91. The van der Waals surface area contributed by atoms with E-state index in [1.54, 1.807) is 0 Å². The summed E-state index contributed by atoms with van der Waals surface area (Å²) in [6.45, 7) is 5.66. The molecule has 0 unspecified atom stereocenters. The summed E-state index contributed by atoms with van der Waals surface area (Å²) in [6, 6.07) is 0. The number of nitrogens with one attached hydrogen (secondary N) is 4. The van der Waals surface area contributed by atoms with Gasteiger partial charge in [0.2, 0.25) is 11.8 Å². The predicted molar refractivity (Wildman–Crippen MR) is 211 cm³/mol. The Morgan fingerprint density at radius 1 is 0.512 bits per heavy atom. The number of ketones is 2. The Kier molecular flexibility index (Phi) is 20.7. The van der Waals surface area contributed by atoms with Crippen LogP contribution in [0.15, 0.2) is 0 Å². The summed E-state index contributed by atoms with van der Waals surface area (Å²) in [5.41, 5.74) is 1.77. The van der Waals surface area contributed by atoms with E-state index in [2.05, 4.69) is 21.3 Å². The maximum Gasteiger partial charge on any atom is 2.00 e. The molecule has 12 nitrogen and oxygen atoms in total. The molecular weight excluding hydrogens is 1270 g/mol. The molecule has 2 amide bonds. The van der Waals surface area contributed by atoms with Gasteiger partial charge >= 0.3 is 37.7 Å². The van der Waals surface area contributed by atoms with Gasteiger partial charge in [-0.2, -0.15) is 0 Å². The smallest absolute Gasteiger partial charge is 0.545 e. The van der Waals surface area contributed by atoms with Gasteiger partial charge in [0.05, 0.1) is 54.9 Å². The number of hydrogen-bond donors (Lipinski definition) is 4. The molecule has 0 saturated carbocycles. The van der Waals surface area contributed by atoms with Crippen LogP contribution in [0.1, 0.15) is 48.4 Å². The molecule has 0 aliphatic carbocycles. The zero-order chi connectivity index (χ0) is 32.6. The minimum atomic E-state index is -1.34. The van der Waals surface area contributed by atoms with E-state index in [0.717, 1.165) is 0 Å². The molecule has 19 heteroatoms. The molecule has 2 rings (SSSR count). The number of carbonyl (C=O) groups excluding carboxylic acids is 6. The SMILES string of the molecule is CC(=O)CNc1c(I)c(NC(C)=O)c(I)c(C(=O)[O-])c1I.CC(=O)CNc1c(I)c(NC(C)=O)c(I)c(C(=O)[O-])c1I.[Ca+2]. The van der Waals surface area contributed by atoms with Crippen molar-refractivity contribution in [2.45, 2.75) is 27.7 Å². The number of amides is 2. The number of aromatic carboxylic acids is 2. The fourth-order valence-corrected chi connectivity index (χ4v) is 11.5. The number of carboxylic acid groups (broad SMARTS) is 2. The molecule has 2 aromatic carbocycles. The van der Waals surface area contributed by atoms with E-state index in [-0.39, 0.29) is 85.3 Å². The fraction of sp³-hybridized carbons (Fsp3) is 0.250. The van der Waals surface area contributed by atoms with Gasteiger partial charge in [-0.25, -0.2) is 0 Å². The molecule has 0 heterocycles. The third kappa shape index (κ3) is 12.8. The molecular formula is C24H20CaI6N4O8. The van der Waals surface area contributed by atoms with Gasteiger partial charge in [0.1, 0.15) is 11.6 Å². The first-order valence-corrected chi connectivity index (χ1v) is 17.7. The molecule has 0 spiro atoms. The maximum atomic E-state index is 11.4. The number of benzene rings is 2. The summed E-state index contributed by atoms with van der Waals surface area (Å²) in [5, 5.41) is 33.8. The van der Waals surface area contributed by atoms with Gasteiger partial charge in [-0.1, -0.05) is 0 Å². The minimum absolute atomic E-state index is 0. The molecule has 0 atom stereocenters. The van der Waals surface area contributed by atoms with Crippen LogP contribution in [-0.2, 0) is 19.2 Å². The van der Waals surface area contributed by atoms with Crippen LogP contribution < -0.4 is 31.5 Å². The van der Waals surface area contributed by atoms with Crippen molar-refractivity contribution in [3.05, 3.63) is 32.5 Å². The molecule has 0 radical (unpaired) electrons. The third-order valence-corrected chi connectivity index (χ3v) is 11.1. The van der Waals surface area contributed by atoms with E-state index in [9.17, 15) is 39.0 Å². The van der Waals surface area contributed by atoms with Crippen LogP contribution >= 0.6 is 136 Å². The van der Waals surface area contributed by atoms with Gasteiger partial charge in [0, 0.05) is 39.3 Å². The van der Waals surface area contributed by atoms with Crippen LogP contribution in [0.5, 0.6) is 0 Å². The van der Waals surface area contributed by atoms with Crippen molar-refractivity contribution >= 4 is 231 Å². The third-order valence-electron chi connectivity index (χ3n) is 4.67. The minimum Gasteiger partial charge on any atom is -0.545 e. The van der Waals surface area contributed by atoms with Crippen molar-refractivity contribution in [2.24, 2.45) is 0 Å². The van der Waals surface area contributed by atoms with E-state index in [1.807, 2.05) is 136 Å². The van der Waals surface area contributed by atoms with Crippen LogP contribution in [-0.4, -0.2) is 86.1 Å². The molecule has 4 N–H and O–H groups in total. The monoisotopic (exact) mass is 1290 g/mol. The van der Waals surface area contributed by atoms with Gasteiger partial charge in [-0.15, -0.1) is 0 Å². The molecule has 0 fully saturated rings. The first kappa shape index (κ1) is 43.9. The van der Waals surface area contributed by atoms with E-state index in [4.69, 9.17) is 0 Å². The average molecular weight is 1290 g/mol. The summed E-state index contributed by atoms with van der Waals surface area (Å²) < 4.78 is 2.95. The second kappa shape index (κ2) is 20.3. The topological polar surface area (TPSA) is 197 Å². The van der Waals surface area contributed by atoms with Gasteiger partial charge in [-0.3, -0.25) is 19.2 Å². The maximum absolute atomic E-state index is 11.4. The number of Topliss-reactive ketones (excluding diaryl/α,β-unsaturated/α-hetero) is 2. The molecule has 0 aliphatic heterocycles. The van der Waals surface area contributed by atoms with Gasteiger partial charge in [0.25, 0.3) is 0 Å². The van der Waals surface area contributed by atoms with Gasteiger partial charge in [0.15, 0.2) is 0 Å². The first-order chi connectivity index (χ1) is 19.3. The number of halogens is 6. The molecule has 0 aromatic heterocycles. The molecule has 0 aliphatic rings. The van der Waals surface area contributed by atoms with Crippen molar-refractivity contribution in [1.82, 2.24) is 0 Å². The summed E-state index contributed by atoms with van der Waals surface area (Å²) in [7, 11) is 0. The molecule has 43 heavy (non-hydrogen) atoms. The molecule has 0 saturated heterocycles. The van der Waals surface area contributed by atoms with Crippen LogP contribution in [0, 0.1) is 21.4 Å². The van der Waals surface area contributed by atoms with E-state index >= 15 is 0 Å². The summed E-state index contributed by atoms with van der Waals surface area (Å²) in [5.74, 6) is -3.47. The molecule has 228 valence electrons. The van der Waals surface area contributed by atoms with Crippen molar-refractivity contribution in [3.8, 4) is 0 Å². The first-order valence-electron chi connectivity index (χ1n) is 11.2. The van der Waals surface area contributed by atoms with Crippen molar-refractivity contribution in [1.29, 1.82) is 0 Å². The average Bonchev–Trinajstić information content (AvgIpc) is 2.83. The van der Waals surface area contributed by atoms with E-state index in [1.165, 1.54) is 27.7 Å². The largest absolute Gasteiger partial charge is 2.00 e. The van der Waals surface area contributed by atoms with Crippen LogP contribution in [0.4, 0.5) is 22.7 Å².